The van der Waals surface area contributed by atoms with E-state index in [4.69, 9.17) is 11.6 Å². The van der Waals surface area contributed by atoms with Crippen LogP contribution in [-0.4, -0.2) is 45.1 Å². The number of aryl methyl sites for hydroxylation is 2. The number of amides is 2. The summed E-state index contributed by atoms with van der Waals surface area (Å²) in [6, 6.07) is 17.3. The maximum absolute atomic E-state index is 13.9. The highest BCUT2D eigenvalue weighted by Crippen LogP contribution is 2.43. The van der Waals surface area contributed by atoms with Crippen molar-refractivity contribution in [1.82, 2.24) is 20.0 Å². The lowest BCUT2D eigenvalue weighted by Gasteiger charge is -2.36. The molecule has 176 valence electrons. The maximum atomic E-state index is 13.9. The molecule has 2 aliphatic rings. The van der Waals surface area contributed by atoms with Crippen LogP contribution in [0.2, 0.25) is 5.02 Å². The van der Waals surface area contributed by atoms with Gasteiger partial charge in [-0.2, -0.15) is 5.10 Å². The highest BCUT2D eigenvalue weighted by molar-refractivity contribution is 6.30. The molecule has 1 aliphatic heterocycles. The molecule has 1 aromatic heterocycles. The van der Waals surface area contributed by atoms with Crippen molar-refractivity contribution in [2.45, 2.75) is 51.7 Å². The van der Waals surface area contributed by atoms with E-state index in [1.807, 2.05) is 73.3 Å². The van der Waals surface area contributed by atoms with Gasteiger partial charge in [0.1, 0.15) is 5.69 Å². The predicted octanol–water partition coefficient (Wildman–Crippen LogP) is 4.95. The number of nitrogens with one attached hydrogen (secondary N) is 1. The summed E-state index contributed by atoms with van der Waals surface area (Å²) >= 11 is 6.23. The molecule has 3 aromatic rings. The zero-order chi connectivity index (χ0) is 23.8. The number of benzene rings is 2. The number of carbonyl (C=O) groups excluding carboxylic acids is 2. The van der Waals surface area contributed by atoms with Gasteiger partial charge >= 0.3 is 0 Å². The first kappa shape index (κ1) is 22.7. The second kappa shape index (κ2) is 9.26. The summed E-state index contributed by atoms with van der Waals surface area (Å²) in [5, 5.41) is 8.11. The Balaban J connectivity index is 1.39. The summed E-state index contributed by atoms with van der Waals surface area (Å²) in [5.41, 5.74) is 3.86. The summed E-state index contributed by atoms with van der Waals surface area (Å²) in [6.07, 6.45) is 3.11. The molecule has 2 fully saturated rings. The van der Waals surface area contributed by atoms with Gasteiger partial charge in [0.05, 0.1) is 11.7 Å². The highest BCUT2D eigenvalue weighted by atomic mass is 35.5. The van der Waals surface area contributed by atoms with Gasteiger partial charge in [0.15, 0.2) is 0 Å². The van der Waals surface area contributed by atoms with Crippen molar-refractivity contribution in [3.8, 4) is 11.1 Å². The van der Waals surface area contributed by atoms with E-state index in [-0.39, 0.29) is 23.9 Å². The monoisotopic (exact) mass is 476 g/mol. The Morgan fingerprint density at radius 1 is 1.12 bits per heavy atom. The van der Waals surface area contributed by atoms with Crippen LogP contribution in [0.4, 0.5) is 0 Å². The first-order valence-corrected chi connectivity index (χ1v) is 12.3. The van der Waals surface area contributed by atoms with Crippen molar-refractivity contribution in [3.63, 3.8) is 0 Å². The van der Waals surface area contributed by atoms with Crippen LogP contribution < -0.4 is 5.32 Å². The molecule has 1 aliphatic carbocycles. The van der Waals surface area contributed by atoms with Crippen LogP contribution in [0.15, 0.2) is 54.6 Å². The lowest BCUT2D eigenvalue weighted by molar-refractivity contribution is 0.0582. The van der Waals surface area contributed by atoms with Crippen molar-refractivity contribution in [2.75, 3.05) is 6.54 Å². The van der Waals surface area contributed by atoms with Crippen molar-refractivity contribution in [2.24, 2.45) is 5.92 Å². The molecular formula is C27H29ClN4O2. The average Bonchev–Trinajstić information content (AvgIpc) is 3.56. The van der Waals surface area contributed by atoms with Gasteiger partial charge in [-0.3, -0.25) is 14.3 Å². The first-order valence-electron chi connectivity index (χ1n) is 12.0. The molecule has 5 rings (SSSR count). The van der Waals surface area contributed by atoms with E-state index < -0.39 is 0 Å². The number of piperidine rings is 1. The number of rotatable bonds is 6. The van der Waals surface area contributed by atoms with Crippen LogP contribution in [0.25, 0.3) is 11.1 Å². The minimum Gasteiger partial charge on any atom is -0.349 e. The Kier molecular flexibility index (Phi) is 6.17. The van der Waals surface area contributed by atoms with E-state index >= 15 is 0 Å². The maximum Gasteiger partial charge on any atom is 0.269 e. The third kappa shape index (κ3) is 4.11. The van der Waals surface area contributed by atoms with Gasteiger partial charge in [-0.1, -0.05) is 41.9 Å². The fourth-order valence-electron chi connectivity index (χ4n) is 5.65. The largest absolute Gasteiger partial charge is 0.349 e. The molecule has 0 radical (unpaired) electrons. The number of carbonyl (C=O) groups is 2. The molecule has 2 aromatic carbocycles. The van der Waals surface area contributed by atoms with E-state index in [9.17, 15) is 9.59 Å². The molecule has 2 bridgehead atoms. The van der Waals surface area contributed by atoms with Gasteiger partial charge in [0, 0.05) is 29.7 Å². The number of fused-ring (bicyclic) bond motifs is 2. The predicted molar refractivity (Wildman–Crippen MR) is 133 cm³/mol. The fraction of sp³-hybridized carbons (Fsp3) is 0.370. The van der Waals surface area contributed by atoms with E-state index in [1.165, 1.54) is 0 Å². The van der Waals surface area contributed by atoms with E-state index in [0.29, 0.717) is 35.3 Å². The van der Waals surface area contributed by atoms with Crippen molar-refractivity contribution >= 4 is 23.4 Å². The lowest BCUT2D eigenvalue weighted by atomic mass is 9.95. The van der Waals surface area contributed by atoms with Crippen LogP contribution in [0.5, 0.6) is 0 Å². The molecule has 2 amide bonds. The van der Waals surface area contributed by atoms with Crippen LogP contribution in [0.3, 0.4) is 0 Å². The topological polar surface area (TPSA) is 67.2 Å². The third-order valence-corrected chi connectivity index (χ3v) is 7.41. The van der Waals surface area contributed by atoms with E-state index in [2.05, 4.69) is 10.4 Å². The highest BCUT2D eigenvalue weighted by Gasteiger charge is 2.48. The number of aromatic nitrogens is 2. The summed E-state index contributed by atoms with van der Waals surface area (Å²) in [4.78, 5) is 28.9. The molecule has 1 saturated heterocycles. The second-order valence-electron chi connectivity index (χ2n) is 9.26. The van der Waals surface area contributed by atoms with Gasteiger partial charge in [-0.15, -0.1) is 0 Å². The summed E-state index contributed by atoms with van der Waals surface area (Å²) in [7, 11) is 0. The van der Waals surface area contributed by atoms with Gasteiger partial charge < -0.3 is 10.2 Å². The zero-order valence-corrected chi connectivity index (χ0v) is 20.3. The number of hydrogen-bond acceptors (Lipinski definition) is 3. The second-order valence-corrected chi connectivity index (χ2v) is 9.70. The Labute approximate surface area is 204 Å². The minimum atomic E-state index is -0.142. The fourth-order valence-corrected chi connectivity index (χ4v) is 5.84. The molecular weight excluding hydrogens is 448 g/mol. The molecule has 1 saturated carbocycles. The minimum absolute atomic E-state index is 0.0123. The number of halogens is 1. The molecule has 1 N–H and O–H groups in total. The Morgan fingerprint density at radius 2 is 1.94 bits per heavy atom. The Bertz CT molecular complexity index is 1240. The number of likely N-dealkylation sites (tertiary alicyclic amines) is 1. The van der Waals surface area contributed by atoms with Crippen molar-refractivity contribution in [1.29, 1.82) is 0 Å². The Morgan fingerprint density at radius 3 is 2.74 bits per heavy atom. The SMILES string of the molecule is CCn1nc(C)cc1C(=O)NC[C@@H]1[C@H]2CC[C@H](C2)N1C(=O)c1ccccc1-c1cccc(Cl)c1. The third-order valence-electron chi connectivity index (χ3n) is 7.17. The molecule has 7 heteroatoms. The van der Waals surface area contributed by atoms with Gasteiger partial charge in [0.2, 0.25) is 0 Å². The standard InChI is InChI=1S/C27H29ClN4O2/c1-3-31-24(13-17(2)30-31)26(33)29-16-25-19-11-12-21(15-19)32(25)27(34)23-10-5-4-9-22(23)18-7-6-8-20(28)14-18/h4-10,13-14,19,21,25H,3,11-12,15-16H2,1-2H3,(H,29,33)/t19-,21+,25+/m0/s1. The Hall–Kier alpha value is -3.12. The first-order chi connectivity index (χ1) is 16.5. The average molecular weight is 477 g/mol. The van der Waals surface area contributed by atoms with E-state index in [1.54, 1.807) is 4.68 Å². The van der Waals surface area contributed by atoms with Gasteiger partial charge in [-0.25, -0.2) is 0 Å². The normalized spacial score (nSPS) is 21.1. The zero-order valence-electron chi connectivity index (χ0n) is 19.5. The van der Waals surface area contributed by atoms with Crippen LogP contribution in [0, 0.1) is 12.8 Å². The van der Waals surface area contributed by atoms with Crippen LogP contribution in [-0.2, 0) is 6.54 Å². The quantitative estimate of drug-likeness (QED) is 0.547. The smallest absolute Gasteiger partial charge is 0.269 e. The molecule has 3 atom stereocenters. The summed E-state index contributed by atoms with van der Waals surface area (Å²) < 4.78 is 1.72. The van der Waals surface area contributed by atoms with Crippen LogP contribution in [0.1, 0.15) is 52.7 Å². The summed E-state index contributed by atoms with van der Waals surface area (Å²) in [5.74, 6) is 0.291. The molecule has 34 heavy (non-hydrogen) atoms. The molecule has 6 nitrogen and oxygen atoms in total. The van der Waals surface area contributed by atoms with E-state index in [0.717, 1.165) is 36.1 Å². The van der Waals surface area contributed by atoms with Gasteiger partial charge in [-0.05, 0) is 74.4 Å². The van der Waals surface area contributed by atoms with Crippen LogP contribution >= 0.6 is 11.6 Å². The summed E-state index contributed by atoms with van der Waals surface area (Å²) in [6.45, 7) is 4.93. The molecule has 0 spiro atoms. The molecule has 2 heterocycles. The lowest BCUT2D eigenvalue weighted by Crippen LogP contribution is -2.50. The van der Waals surface area contributed by atoms with Crippen molar-refractivity contribution < 1.29 is 9.59 Å². The van der Waals surface area contributed by atoms with Crippen molar-refractivity contribution in [3.05, 3.63) is 76.6 Å². The number of nitrogens with zero attached hydrogens (tertiary/aromatic N) is 3. The number of hydrogen-bond donors (Lipinski definition) is 1. The van der Waals surface area contributed by atoms with Gasteiger partial charge in [0.25, 0.3) is 11.8 Å². The molecule has 0 unspecified atom stereocenters.